The lowest BCUT2D eigenvalue weighted by molar-refractivity contribution is -0.121. The number of aliphatic hydroxyl groups is 1. The molecule has 5 N–H and O–H groups in total. The number of nitrogens with one attached hydrogen (secondary N) is 1. The molecule has 2 aromatic rings. The van der Waals surface area contributed by atoms with E-state index in [1.54, 1.807) is 6.07 Å². The van der Waals surface area contributed by atoms with Crippen LogP contribution in [-0.2, 0) is 11.2 Å². The van der Waals surface area contributed by atoms with Crippen molar-refractivity contribution in [3.05, 3.63) is 59.2 Å². The van der Waals surface area contributed by atoms with Crippen LogP contribution in [0.4, 0.5) is 0 Å². The molecule has 0 heterocycles. The van der Waals surface area contributed by atoms with Gasteiger partial charge in [-0.2, -0.15) is 0 Å². The zero-order valence-electron chi connectivity index (χ0n) is 17.7. The molecule has 6 heteroatoms. The van der Waals surface area contributed by atoms with Gasteiger partial charge in [0.25, 0.3) is 0 Å². The summed E-state index contributed by atoms with van der Waals surface area (Å²) in [7, 11) is 0. The molecule has 1 aliphatic rings. The minimum Gasteiger partial charge on any atom is -0.504 e. The predicted octanol–water partition coefficient (Wildman–Crippen LogP) is 3.19. The molecular weight excluding hydrogens is 380 g/mol. The molecule has 0 aliphatic heterocycles. The first-order valence-corrected chi connectivity index (χ1v) is 10.6. The van der Waals surface area contributed by atoms with Gasteiger partial charge in [-0.1, -0.05) is 30.3 Å². The van der Waals surface area contributed by atoms with E-state index in [-0.39, 0.29) is 36.3 Å². The number of amides is 1. The lowest BCUT2D eigenvalue weighted by atomic mass is 9.91. The Labute approximate surface area is 178 Å². The molecule has 0 saturated heterocycles. The summed E-state index contributed by atoms with van der Waals surface area (Å²) in [5, 5.41) is 24.5. The molecule has 0 bridgehead atoms. The highest BCUT2D eigenvalue weighted by Crippen LogP contribution is 2.36. The number of rotatable bonds is 7. The number of ether oxygens (including phenoxy) is 1. The summed E-state index contributed by atoms with van der Waals surface area (Å²) in [5.74, 6) is 0.119. The number of aromatic hydroxyl groups is 1. The smallest absolute Gasteiger partial charge is 0.224 e. The molecule has 162 valence electrons. The van der Waals surface area contributed by atoms with E-state index in [0.29, 0.717) is 22.4 Å². The number of hydrogen-bond acceptors (Lipinski definition) is 5. The van der Waals surface area contributed by atoms with Crippen LogP contribution in [0.25, 0.3) is 0 Å². The first-order chi connectivity index (χ1) is 14.3. The SMILES string of the molecule is CC(C)Oc1cc(C(O)c2ccccc2)c(CC(=O)NC2CCC(N)CC2)cc1O. The molecule has 1 aliphatic carbocycles. The number of benzene rings is 2. The molecule has 3 rings (SSSR count). The van der Waals surface area contributed by atoms with Crippen molar-refractivity contribution in [2.45, 2.75) is 70.2 Å². The molecular formula is C24H32N2O4. The Hall–Kier alpha value is -2.57. The molecule has 0 radical (unpaired) electrons. The Bertz CT molecular complexity index is 846. The number of hydrogen-bond donors (Lipinski definition) is 4. The van der Waals surface area contributed by atoms with Gasteiger partial charge >= 0.3 is 0 Å². The van der Waals surface area contributed by atoms with Gasteiger partial charge in [-0.15, -0.1) is 0 Å². The second-order valence-electron chi connectivity index (χ2n) is 8.35. The van der Waals surface area contributed by atoms with Crippen molar-refractivity contribution in [3.8, 4) is 11.5 Å². The highest BCUT2D eigenvalue weighted by molar-refractivity contribution is 5.79. The quantitative estimate of drug-likeness (QED) is 0.559. The summed E-state index contributed by atoms with van der Waals surface area (Å²) in [4.78, 5) is 12.7. The van der Waals surface area contributed by atoms with Gasteiger partial charge in [0.05, 0.1) is 12.5 Å². The third-order valence-corrected chi connectivity index (χ3v) is 5.48. The standard InChI is InChI=1S/C24H32N2O4/c1-15(2)30-22-14-20(24(29)16-6-4-3-5-7-16)17(12-21(22)27)13-23(28)26-19-10-8-18(25)9-11-19/h3-7,12,14-15,18-19,24,27,29H,8-11,13,25H2,1-2H3,(H,26,28). The average molecular weight is 413 g/mol. The number of nitrogens with two attached hydrogens (primary N) is 1. The van der Waals surface area contributed by atoms with Crippen LogP contribution >= 0.6 is 0 Å². The van der Waals surface area contributed by atoms with Gasteiger partial charge in [0.15, 0.2) is 11.5 Å². The van der Waals surface area contributed by atoms with Crippen LogP contribution in [0.2, 0.25) is 0 Å². The largest absolute Gasteiger partial charge is 0.504 e. The van der Waals surface area contributed by atoms with Crippen LogP contribution in [0.5, 0.6) is 11.5 Å². The molecule has 1 atom stereocenters. The fraction of sp³-hybridized carbons (Fsp3) is 0.458. The lowest BCUT2D eigenvalue weighted by Crippen LogP contribution is -2.41. The molecule has 1 saturated carbocycles. The summed E-state index contributed by atoms with van der Waals surface area (Å²) in [6.45, 7) is 3.73. The van der Waals surface area contributed by atoms with E-state index in [9.17, 15) is 15.0 Å². The van der Waals surface area contributed by atoms with Gasteiger partial charge in [-0.25, -0.2) is 0 Å². The van der Waals surface area contributed by atoms with Crippen molar-refractivity contribution in [2.24, 2.45) is 5.73 Å². The molecule has 1 unspecified atom stereocenters. The van der Waals surface area contributed by atoms with E-state index in [0.717, 1.165) is 25.7 Å². The van der Waals surface area contributed by atoms with E-state index in [4.69, 9.17) is 10.5 Å². The molecule has 30 heavy (non-hydrogen) atoms. The summed E-state index contributed by atoms with van der Waals surface area (Å²) < 4.78 is 5.69. The van der Waals surface area contributed by atoms with Crippen LogP contribution in [0, 0.1) is 0 Å². The number of phenolic OH excluding ortho intramolecular Hbond substituents is 1. The van der Waals surface area contributed by atoms with Crippen molar-refractivity contribution in [1.29, 1.82) is 0 Å². The van der Waals surface area contributed by atoms with Gasteiger partial charge in [0, 0.05) is 12.1 Å². The molecule has 1 fully saturated rings. The average Bonchev–Trinajstić information content (AvgIpc) is 2.71. The minimum absolute atomic E-state index is 0.0425. The van der Waals surface area contributed by atoms with Crippen molar-refractivity contribution in [1.82, 2.24) is 5.32 Å². The maximum absolute atomic E-state index is 12.7. The van der Waals surface area contributed by atoms with E-state index >= 15 is 0 Å². The fourth-order valence-corrected chi connectivity index (χ4v) is 3.91. The Morgan fingerprint density at radius 3 is 2.47 bits per heavy atom. The van der Waals surface area contributed by atoms with E-state index < -0.39 is 6.10 Å². The molecule has 1 amide bonds. The third kappa shape index (κ3) is 5.74. The molecule has 0 aromatic heterocycles. The summed E-state index contributed by atoms with van der Waals surface area (Å²) in [6, 6.07) is 12.7. The van der Waals surface area contributed by atoms with E-state index in [1.807, 2.05) is 44.2 Å². The maximum Gasteiger partial charge on any atom is 0.224 e. The fourth-order valence-electron chi connectivity index (χ4n) is 3.91. The number of aliphatic hydroxyl groups excluding tert-OH is 1. The van der Waals surface area contributed by atoms with Crippen LogP contribution in [0.3, 0.4) is 0 Å². The van der Waals surface area contributed by atoms with Gasteiger partial charge in [0.1, 0.15) is 6.10 Å². The van der Waals surface area contributed by atoms with Crippen LogP contribution < -0.4 is 15.8 Å². The van der Waals surface area contributed by atoms with Crippen LogP contribution in [0.1, 0.15) is 62.3 Å². The number of carbonyl (C=O) groups is 1. The first-order valence-electron chi connectivity index (χ1n) is 10.6. The molecule has 0 spiro atoms. The van der Waals surface area contributed by atoms with Crippen molar-refractivity contribution < 1.29 is 19.7 Å². The highest BCUT2D eigenvalue weighted by atomic mass is 16.5. The molecule has 2 aromatic carbocycles. The molecule has 6 nitrogen and oxygen atoms in total. The Morgan fingerprint density at radius 2 is 1.83 bits per heavy atom. The minimum atomic E-state index is -0.934. The summed E-state index contributed by atoms with van der Waals surface area (Å²) >= 11 is 0. The first kappa shape index (κ1) is 22.1. The Balaban J connectivity index is 1.84. The number of carbonyl (C=O) groups excluding carboxylic acids is 1. The topological polar surface area (TPSA) is 105 Å². The van der Waals surface area contributed by atoms with Gasteiger partial charge in [-0.05, 0) is 68.4 Å². The van der Waals surface area contributed by atoms with Gasteiger partial charge < -0.3 is 26.0 Å². The highest BCUT2D eigenvalue weighted by Gasteiger charge is 2.23. The summed E-state index contributed by atoms with van der Waals surface area (Å²) in [6.07, 6.45) is 2.56. The second-order valence-corrected chi connectivity index (χ2v) is 8.35. The van der Waals surface area contributed by atoms with E-state index in [1.165, 1.54) is 6.07 Å². The second kappa shape index (κ2) is 9.96. The monoisotopic (exact) mass is 412 g/mol. The van der Waals surface area contributed by atoms with Crippen molar-refractivity contribution in [3.63, 3.8) is 0 Å². The summed E-state index contributed by atoms with van der Waals surface area (Å²) in [5.41, 5.74) is 7.78. The normalized spacial score (nSPS) is 20.0. The Morgan fingerprint density at radius 1 is 1.17 bits per heavy atom. The zero-order chi connectivity index (χ0) is 21.7. The van der Waals surface area contributed by atoms with Crippen LogP contribution in [-0.4, -0.2) is 34.3 Å². The zero-order valence-corrected chi connectivity index (χ0v) is 17.7. The van der Waals surface area contributed by atoms with Crippen molar-refractivity contribution >= 4 is 5.91 Å². The van der Waals surface area contributed by atoms with Crippen LogP contribution in [0.15, 0.2) is 42.5 Å². The van der Waals surface area contributed by atoms with Gasteiger partial charge in [-0.3, -0.25) is 4.79 Å². The van der Waals surface area contributed by atoms with E-state index in [2.05, 4.69) is 5.32 Å². The Kier molecular flexibility index (Phi) is 7.34. The predicted molar refractivity (Wildman–Crippen MR) is 116 cm³/mol. The lowest BCUT2D eigenvalue weighted by Gasteiger charge is -2.27. The maximum atomic E-state index is 12.7. The van der Waals surface area contributed by atoms with Gasteiger partial charge in [0.2, 0.25) is 5.91 Å². The third-order valence-electron chi connectivity index (χ3n) is 5.48. The number of phenols is 1. The van der Waals surface area contributed by atoms with Crippen molar-refractivity contribution in [2.75, 3.05) is 0 Å².